The Labute approximate surface area is 79.0 Å². The van der Waals surface area contributed by atoms with E-state index < -0.39 is 12.3 Å². The smallest absolute Gasteiger partial charge is 0.340 e. The molecule has 74 valence electrons. The summed E-state index contributed by atoms with van der Waals surface area (Å²) in [6, 6.07) is 0. The van der Waals surface area contributed by atoms with E-state index in [9.17, 15) is 4.79 Å². The van der Waals surface area contributed by atoms with Gasteiger partial charge in [0.15, 0.2) is 6.29 Å². The molecule has 1 unspecified atom stereocenters. The van der Waals surface area contributed by atoms with Gasteiger partial charge in [0.05, 0.1) is 12.7 Å². The number of hydrogen-bond acceptors (Lipinski definition) is 3. The van der Waals surface area contributed by atoms with E-state index in [1.54, 1.807) is 6.92 Å². The minimum atomic E-state index is -0.497. The zero-order valence-electron chi connectivity index (χ0n) is 8.21. The van der Waals surface area contributed by atoms with Crippen LogP contribution in [0.3, 0.4) is 0 Å². The number of ether oxygens (including phenoxy) is 2. The van der Waals surface area contributed by atoms with Gasteiger partial charge in [-0.15, -0.1) is 5.73 Å². The summed E-state index contributed by atoms with van der Waals surface area (Å²) in [6.07, 6.45) is 2.68. The highest BCUT2D eigenvalue weighted by Crippen LogP contribution is 1.97. The van der Waals surface area contributed by atoms with E-state index in [0.29, 0.717) is 6.61 Å². The van der Waals surface area contributed by atoms with Gasteiger partial charge in [-0.05, 0) is 13.3 Å². The third-order valence-electron chi connectivity index (χ3n) is 1.35. The molecular formula is C10H16O3. The van der Waals surface area contributed by atoms with Crippen LogP contribution in [0.4, 0.5) is 0 Å². The van der Waals surface area contributed by atoms with Crippen molar-refractivity contribution in [2.24, 2.45) is 0 Å². The highest BCUT2D eigenvalue weighted by molar-refractivity contribution is 5.81. The molecule has 0 spiro atoms. The van der Waals surface area contributed by atoms with Crippen molar-refractivity contribution in [3.63, 3.8) is 0 Å². The van der Waals surface area contributed by atoms with Crippen LogP contribution in [0.25, 0.3) is 0 Å². The van der Waals surface area contributed by atoms with Crippen LogP contribution < -0.4 is 0 Å². The van der Waals surface area contributed by atoms with Gasteiger partial charge in [0.1, 0.15) is 0 Å². The summed E-state index contributed by atoms with van der Waals surface area (Å²) in [6.45, 7) is 7.63. The van der Waals surface area contributed by atoms with Crippen LogP contribution in [-0.2, 0) is 14.3 Å². The Morgan fingerprint density at radius 1 is 1.69 bits per heavy atom. The Kier molecular flexibility index (Phi) is 6.98. The molecule has 0 aliphatic heterocycles. The summed E-state index contributed by atoms with van der Waals surface area (Å²) in [5.41, 5.74) is 2.33. The molecule has 0 bridgehead atoms. The first-order valence-corrected chi connectivity index (χ1v) is 4.38. The Balaban J connectivity index is 3.55. The topological polar surface area (TPSA) is 35.5 Å². The van der Waals surface area contributed by atoms with Gasteiger partial charge in [-0.25, -0.2) is 4.79 Å². The predicted octanol–water partition coefficient (Wildman–Crippen LogP) is 2.03. The van der Waals surface area contributed by atoms with E-state index in [1.807, 2.05) is 0 Å². The molecule has 0 aromatic carbocycles. The molecule has 1 atom stereocenters. The van der Waals surface area contributed by atoms with Crippen LogP contribution in [-0.4, -0.2) is 18.9 Å². The van der Waals surface area contributed by atoms with Gasteiger partial charge in [0.25, 0.3) is 0 Å². The Hall–Kier alpha value is -1.05. The minimum absolute atomic E-state index is 0.473. The maximum Gasteiger partial charge on any atom is 0.340 e. The van der Waals surface area contributed by atoms with Crippen LogP contribution in [0, 0.1) is 0 Å². The summed E-state index contributed by atoms with van der Waals surface area (Å²) < 4.78 is 10.0. The van der Waals surface area contributed by atoms with Crippen molar-refractivity contribution < 1.29 is 14.3 Å². The molecule has 0 aromatic rings. The standard InChI is InChI=1S/C10H16O3/c1-4-6-8-12-9(3)13-10(11)7-5-2/h7,9H,2,4,6,8H2,1,3H3. The van der Waals surface area contributed by atoms with Crippen molar-refractivity contribution in [1.82, 2.24) is 0 Å². The van der Waals surface area contributed by atoms with Crippen LogP contribution >= 0.6 is 0 Å². The maximum atomic E-state index is 10.8. The Bertz CT molecular complexity index is 192. The summed E-state index contributed by atoms with van der Waals surface area (Å²) >= 11 is 0. The van der Waals surface area contributed by atoms with Crippen LogP contribution in [0.2, 0.25) is 0 Å². The van der Waals surface area contributed by atoms with Gasteiger partial charge in [-0.1, -0.05) is 19.9 Å². The molecular weight excluding hydrogens is 168 g/mol. The van der Waals surface area contributed by atoms with E-state index in [2.05, 4.69) is 19.2 Å². The van der Waals surface area contributed by atoms with Crippen molar-refractivity contribution in [2.75, 3.05) is 6.61 Å². The summed E-state index contributed by atoms with van der Waals surface area (Å²) in [7, 11) is 0. The number of esters is 1. The summed E-state index contributed by atoms with van der Waals surface area (Å²) in [5.74, 6) is -0.473. The molecule has 0 rings (SSSR count). The first-order valence-electron chi connectivity index (χ1n) is 4.38. The Morgan fingerprint density at radius 2 is 2.38 bits per heavy atom. The first kappa shape index (κ1) is 11.9. The van der Waals surface area contributed by atoms with E-state index >= 15 is 0 Å². The average molecular weight is 184 g/mol. The predicted molar refractivity (Wildman–Crippen MR) is 50.1 cm³/mol. The maximum absolute atomic E-state index is 10.8. The molecule has 0 saturated heterocycles. The van der Waals surface area contributed by atoms with Gasteiger partial charge in [0, 0.05) is 0 Å². The van der Waals surface area contributed by atoms with Crippen molar-refractivity contribution in [3.05, 3.63) is 18.4 Å². The van der Waals surface area contributed by atoms with E-state index in [-0.39, 0.29) is 0 Å². The van der Waals surface area contributed by atoms with Crippen LogP contribution in [0.1, 0.15) is 26.7 Å². The minimum Gasteiger partial charge on any atom is -0.432 e. The molecule has 0 amide bonds. The number of carbonyl (C=O) groups is 1. The highest BCUT2D eigenvalue weighted by atomic mass is 16.7. The van der Waals surface area contributed by atoms with E-state index in [0.717, 1.165) is 18.9 Å². The lowest BCUT2D eigenvalue weighted by atomic mass is 10.4. The second-order valence-corrected chi connectivity index (χ2v) is 2.58. The monoisotopic (exact) mass is 184 g/mol. The molecule has 0 N–H and O–H groups in total. The van der Waals surface area contributed by atoms with Crippen molar-refractivity contribution >= 4 is 5.97 Å². The molecule has 0 aliphatic carbocycles. The first-order chi connectivity index (χ1) is 6.20. The lowest BCUT2D eigenvalue weighted by Gasteiger charge is -2.11. The second-order valence-electron chi connectivity index (χ2n) is 2.58. The number of rotatable bonds is 6. The molecule has 13 heavy (non-hydrogen) atoms. The zero-order chi connectivity index (χ0) is 10.1. The van der Waals surface area contributed by atoms with Gasteiger partial charge < -0.3 is 9.47 Å². The van der Waals surface area contributed by atoms with Crippen LogP contribution in [0.5, 0.6) is 0 Å². The van der Waals surface area contributed by atoms with Crippen molar-refractivity contribution in [1.29, 1.82) is 0 Å². The van der Waals surface area contributed by atoms with E-state index in [1.165, 1.54) is 0 Å². The molecule has 0 heterocycles. The normalized spacial score (nSPS) is 11.5. The Morgan fingerprint density at radius 3 is 2.92 bits per heavy atom. The molecule has 3 nitrogen and oxygen atoms in total. The third-order valence-corrected chi connectivity index (χ3v) is 1.35. The fraction of sp³-hybridized carbons (Fsp3) is 0.600. The lowest BCUT2D eigenvalue weighted by molar-refractivity contribution is -0.168. The van der Waals surface area contributed by atoms with Crippen molar-refractivity contribution in [2.45, 2.75) is 33.0 Å². The van der Waals surface area contributed by atoms with Gasteiger partial charge in [0.2, 0.25) is 0 Å². The molecule has 0 fully saturated rings. The fourth-order valence-electron chi connectivity index (χ4n) is 0.709. The lowest BCUT2D eigenvalue weighted by Crippen LogP contribution is -2.17. The second kappa shape index (κ2) is 7.59. The fourth-order valence-corrected chi connectivity index (χ4v) is 0.709. The molecule has 0 aliphatic rings. The molecule has 0 saturated carbocycles. The number of hydrogen-bond donors (Lipinski definition) is 0. The van der Waals surface area contributed by atoms with E-state index in [4.69, 9.17) is 9.47 Å². The molecule has 0 aromatic heterocycles. The largest absolute Gasteiger partial charge is 0.432 e. The number of carbonyl (C=O) groups excluding carboxylic acids is 1. The summed E-state index contributed by atoms with van der Waals surface area (Å²) in [5, 5.41) is 0. The molecule has 0 radical (unpaired) electrons. The highest BCUT2D eigenvalue weighted by Gasteiger charge is 2.05. The quantitative estimate of drug-likeness (QED) is 0.208. The van der Waals surface area contributed by atoms with Gasteiger partial charge in [-0.2, -0.15) is 0 Å². The zero-order valence-corrected chi connectivity index (χ0v) is 8.21. The van der Waals surface area contributed by atoms with Crippen molar-refractivity contribution in [3.8, 4) is 0 Å². The average Bonchev–Trinajstić information content (AvgIpc) is 2.05. The van der Waals surface area contributed by atoms with Gasteiger partial charge in [-0.3, -0.25) is 0 Å². The van der Waals surface area contributed by atoms with Crippen LogP contribution in [0.15, 0.2) is 18.4 Å². The molecule has 3 heteroatoms. The number of unbranched alkanes of at least 4 members (excludes halogenated alkanes) is 1. The summed E-state index contributed by atoms with van der Waals surface area (Å²) in [4.78, 5) is 10.8. The third kappa shape index (κ3) is 7.32. The van der Waals surface area contributed by atoms with Gasteiger partial charge >= 0.3 is 5.97 Å². The SMILES string of the molecule is C=C=CC(=O)OC(C)OCCCC.